The summed E-state index contributed by atoms with van der Waals surface area (Å²) in [6.07, 6.45) is 0. The van der Waals surface area contributed by atoms with Crippen LogP contribution in [0.1, 0.15) is 186 Å². The zero-order valence-electron chi connectivity index (χ0n) is 80.6. The third kappa shape index (κ3) is 13.8. The molecule has 660 valence electrons. The number of nitriles is 1. The predicted octanol–water partition coefficient (Wildman–Crippen LogP) is 36.1. The van der Waals surface area contributed by atoms with Gasteiger partial charge in [0.2, 0.25) is 0 Å². The van der Waals surface area contributed by atoms with Gasteiger partial charge >= 0.3 is 0 Å². The summed E-state index contributed by atoms with van der Waals surface area (Å²) in [5.41, 5.74) is 38.2. The SMILES string of the molecule is CC(C)(C)c1ccc(N2c3cc(-c4c(-c5cccc6c5sc5ccccc56)cccc4-n4c5ccc(C(C)(C)C)cc5c5cc(C(C)(C)C)ccc54)ccc3C3c4ccc(-n5c6ccc(C(C)(C)C)cc6c6cc(C(C)(C)C)ccc65)cc4N(c4c(-c5ccccc5)cc(C(C)(C)C)cc4-c4ccccc4)c4cc(-n5c6ccccc6c6cc(C#N)ccc65)cc2c43)c(-c2ccccc2)c1. The van der Waals surface area contributed by atoms with E-state index in [2.05, 4.69) is 494 Å². The maximum atomic E-state index is 10.9. The molecule has 0 radical (unpaired) electrons. The summed E-state index contributed by atoms with van der Waals surface area (Å²) < 4.78 is 10.2. The summed E-state index contributed by atoms with van der Waals surface area (Å²) in [6, 6.07) is 136. The van der Waals surface area contributed by atoms with Crippen molar-refractivity contribution in [3.8, 4) is 78.8 Å². The van der Waals surface area contributed by atoms with Crippen LogP contribution in [-0.4, -0.2) is 13.7 Å². The van der Waals surface area contributed by atoms with Crippen LogP contribution in [0.2, 0.25) is 0 Å². The molecule has 2 aliphatic rings. The lowest BCUT2D eigenvalue weighted by molar-refractivity contribution is 0.590. The van der Waals surface area contributed by atoms with E-state index in [-0.39, 0.29) is 38.4 Å². The lowest BCUT2D eigenvalue weighted by Gasteiger charge is -2.47. The molecule has 0 saturated carbocycles. The van der Waals surface area contributed by atoms with Gasteiger partial charge in [-0.1, -0.05) is 331 Å². The van der Waals surface area contributed by atoms with Gasteiger partial charge in [-0.05, 0) is 244 Å². The molecule has 0 amide bonds. The minimum absolute atomic E-state index is 0.110. The van der Waals surface area contributed by atoms with E-state index < -0.39 is 0 Å². The Balaban J connectivity index is 0.911. The molecule has 0 spiro atoms. The predicted molar refractivity (Wildman–Crippen MR) is 577 cm³/mol. The van der Waals surface area contributed by atoms with Crippen molar-refractivity contribution in [3.05, 3.63) is 401 Å². The first-order chi connectivity index (χ1) is 64.7. The quantitative estimate of drug-likeness (QED) is 0.137. The van der Waals surface area contributed by atoms with Gasteiger partial charge in [-0.2, -0.15) is 5.26 Å². The normalized spacial score (nSPS) is 13.7. The van der Waals surface area contributed by atoms with Gasteiger partial charge in [0.25, 0.3) is 0 Å². The molecule has 21 aromatic rings. The van der Waals surface area contributed by atoms with Crippen LogP contribution in [0.25, 0.3) is 158 Å². The summed E-state index contributed by atoms with van der Waals surface area (Å²) in [4.78, 5) is 5.44. The lowest BCUT2D eigenvalue weighted by Crippen LogP contribution is -2.30. The Hall–Kier alpha value is -14.6. The van der Waals surface area contributed by atoms with Crippen LogP contribution in [0.4, 0.5) is 34.1 Å². The first-order valence-electron chi connectivity index (χ1n) is 47.9. The van der Waals surface area contributed by atoms with Crippen LogP contribution in [0.5, 0.6) is 0 Å². The zero-order chi connectivity index (χ0) is 93.2. The first-order valence-corrected chi connectivity index (χ1v) is 48.8. The van der Waals surface area contributed by atoms with Crippen LogP contribution in [0.15, 0.2) is 346 Å². The molecule has 0 N–H and O–H groups in total. The van der Waals surface area contributed by atoms with E-state index in [1.54, 1.807) is 0 Å². The highest BCUT2D eigenvalue weighted by Crippen LogP contribution is 2.65. The molecule has 4 aromatic heterocycles. The van der Waals surface area contributed by atoms with E-state index in [1.807, 2.05) is 17.4 Å². The number of thiophene rings is 1. The van der Waals surface area contributed by atoms with Gasteiger partial charge in [0.1, 0.15) is 0 Å². The molecule has 0 aliphatic carbocycles. The molecule has 135 heavy (non-hydrogen) atoms. The number of rotatable bonds is 10. The Morgan fingerprint density at radius 3 is 1.20 bits per heavy atom. The Morgan fingerprint density at radius 2 is 0.659 bits per heavy atom. The fraction of sp³-hybridized carbons (Fsp3) is 0.195. The van der Waals surface area contributed by atoms with E-state index in [4.69, 9.17) is 0 Å². The summed E-state index contributed by atoms with van der Waals surface area (Å²) in [5.74, 6) is -0.389. The van der Waals surface area contributed by atoms with Crippen molar-refractivity contribution >= 4 is 131 Å². The van der Waals surface area contributed by atoms with Crippen molar-refractivity contribution in [1.29, 1.82) is 5.26 Å². The van der Waals surface area contributed by atoms with Crippen molar-refractivity contribution in [3.63, 3.8) is 0 Å². The van der Waals surface area contributed by atoms with Crippen LogP contribution in [0.3, 0.4) is 0 Å². The third-order valence-corrected chi connectivity index (χ3v) is 30.4. The highest BCUT2D eigenvalue weighted by molar-refractivity contribution is 7.26. The second-order valence-electron chi connectivity index (χ2n) is 44.0. The number of anilines is 6. The van der Waals surface area contributed by atoms with Crippen molar-refractivity contribution in [1.82, 2.24) is 13.7 Å². The Kier molecular flexibility index (Phi) is 19.3. The summed E-state index contributed by atoms with van der Waals surface area (Å²) in [6.45, 7) is 42.2. The van der Waals surface area contributed by atoms with Crippen LogP contribution in [0, 0.1) is 11.3 Å². The highest BCUT2D eigenvalue weighted by Gasteiger charge is 2.45. The first kappa shape index (κ1) is 84.7. The smallest absolute Gasteiger partial charge is 0.0991 e. The average Bonchev–Trinajstić information content (AvgIpc) is 1.06. The van der Waals surface area contributed by atoms with Crippen LogP contribution >= 0.6 is 11.3 Å². The van der Waals surface area contributed by atoms with Gasteiger partial charge < -0.3 is 23.5 Å². The summed E-state index contributed by atoms with van der Waals surface area (Å²) >= 11 is 1.89. The molecule has 1 atom stereocenters. The Morgan fingerprint density at radius 1 is 0.252 bits per heavy atom. The average molecular weight is 1770 g/mol. The molecule has 1 unspecified atom stereocenters. The fourth-order valence-electron chi connectivity index (χ4n) is 21.9. The number of para-hydroxylation sites is 1. The molecule has 23 rings (SSSR count). The van der Waals surface area contributed by atoms with E-state index in [1.165, 1.54) is 97.4 Å². The second kappa shape index (κ2) is 30.8. The molecule has 0 bridgehead atoms. The number of nitrogens with zero attached hydrogens (tertiary/aromatic N) is 6. The van der Waals surface area contributed by atoms with Gasteiger partial charge in [-0.25, -0.2) is 0 Å². The number of aromatic nitrogens is 3. The van der Waals surface area contributed by atoms with E-state index in [0.717, 1.165) is 145 Å². The number of benzene rings is 17. The molecule has 0 saturated heterocycles. The third-order valence-electron chi connectivity index (χ3n) is 29.2. The van der Waals surface area contributed by atoms with E-state index in [0.29, 0.717) is 5.56 Å². The van der Waals surface area contributed by atoms with Crippen molar-refractivity contribution in [2.45, 2.75) is 163 Å². The number of hydrogen-bond acceptors (Lipinski definition) is 4. The zero-order valence-corrected chi connectivity index (χ0v) is 81.4. The molecular formula is C128H112N6S. The van der Waals surface area contributed by atoms with Gasteiger partial charge in [0.05, 0.1) is 90.2 Å². The van der Waals surface area contributed by atoms with Crippen molar-refractivity contribution < 1.29 is 0 Å². The monoisotopic (exact) mass is 1760 g/mol. The maximum absolute atomic E-state index is 10.9. The Bertz CT molecular complexity index is 8340. The molecule has 17 aromatic carbocycles. The molecule has 6 nitrogen and oxygen atoms in total. The minimum Gasteiger partial charge on any atom is -0.309 e. The molecular weight excluding hydrogens is 1650 g/mol. The van der Waals surface area contributed by atoms with Crippen molar-refractivity contribution in [2.24, 2.45) is 0 Å². The topological polar surface area (TPSA) is 45.1 Å². The number of hydrogen-bond donors (Lipinski definition) is 0. The van der Waals surface area contributed by atoms with Gasteiger partial charge in [-0.3, -0.25) is 0 Å². The second-order valence-corrected chi connectivity index (χ2v) is 45.1. The van der Waals surface area contributed by atoms with E-state index >= 15 is 0 Å². The molecule has 7 heteroatoms. The Labute approximate surface area is 797 Å². The molecule has 2 aliphatic heterocycles. The standard InChI is InChI=1S/C128H112N6S/c1-123(2,3)82-50-59-106(97(66-82)78-34-22-19-23-35-78)133-113-65-81(118-92(94-44-32-43-93-91-41-29-31-47-117(91)135-122(93)94)42-33-46-112(118)132-110-62-53-85(126(10,11)12)69-103(110)104-70-86(127(13,14)15)54-63-111(104)132)49-56-95(113)119-96-57-55-88(130-108-60-51-83(124(4,5)6)67-101(108)102-68-84(125(7,8)9)52-61-109(102)130)73-114(96)134(121-98(79-36-24-20-25-37-79)71-87(128(16,17)18)72-99(121)80-38-26-21-27-39-80)116-75-89(74-115(133)120(116)119)131-105-45-30-28-40-90(105)100-64-77(76-129)48-58-107(100)131/h19-75,119H,1-18H3. The van der Waals surface area contributed by atoms with Gasteiger partial charge in [0.15, 0.2) is 0 Å². The molecule has 0 fully saturated rings. The summed E-state index contributed by atoms with van der Waals surface area (Å²) in [7, 11) is 0. The maximum Gasteiger partial charge on any atom is 0.0991 e. The van der Waals surface area contributed by atoms with E-state index in [9.17, 15) is 5.26 Å². The van der Waals surface area contributed by atoms with Crippen molar-refractivity contribution in [2.75, 3.05) is 9.80 Å². The van der Waals surface area contributed by atoms with Crippen LogP contribution in [-0.2, 0) is 32.5 Å². The summed E-state index contributed by atoms with van der Waals surface area (Å²) in [5, 5.41) is 20.5. The highest BCUT2D eigenvalue weighted by atomic mass is 32.1. The molecule has 6 heterocycles. The lowest BCUT2D eigenvalue weighted by atomic mass is 9.74. The van der Waals surface area contributed by atoms with Gasteiger partial charge in [-0.15, -0.1) is 11.3 Å². The fourth-order valence-corrected chi connectivity index (χ4v) is 23.1. The minimum atomic E-state index is -0.389. The van der Waals surface area contributed by atoms with Crippen LogP contribution < -0.4 is 9.80 Å². The van der Waals surface area contributed by atoms with Gasteiger partial charge in [0, 0.05) is 97.5 Å². The number of fused-ring (bicyclic) bond motifs is 16. The largest absolute Gasteiger partial charge is 0.309 e.